The number of carboxylic acids is 1. The number of carbonyl (C=O) groups excluding carboxylic acids is 1. The maximum absolute atomic E-state index is 11.9. The molecule has 0 spiro atoms. The highest BCUT2D eigenvalue weighted by Crippen LogP contribution is 2.19. The van der Waals surface area contributed by atoms with Gasteiger partial charge in [0.15, 0.2) is 5.54 Å². The molecule has 0 radical (unpaired) electrons. The molecule has 0 aliphatic carbocycles. The van der Waals surface area contributed by atoms with Crippen LogP contribution in [0.15, 0.2) is 24.3 Å². The number of nitriles is 1. The van der Waals surface area contributed by atoms with Gasteiger partial charge in [0.25, 0.3) is 0 Å². The molecular formula is C13H13N3O4. The van der Waals surface area contributed by atoms with E-state index in [-0.39, 0.29) is 19.6 Å². The van der Waals surface area contributed by atoms with Gasteiger partial charge in [-0.3, -0.25) is 0 Å². The van der Waals surface area contributed by atoms with Gasteiger partial charge in [-0.25, -0.2) is 9.59 Å². The highest BCUT2D eigenvalue weighted by atomic mass is 16.5. The summed E-state index contributed by atoms with van der Waals surface area (Å²) in [6.45, 7) is 0.227. The molecule has 7 nitrogen and oxygen atoms in total. The van der Waals surface area contributed by atoms with E-state index >= 15 is 0 Å². The van der Waals surface area contributed by atoms with Crippen molar-refractivity contribution in [1.82, 2.24) is 5.32 Å². The van der Waals surface area contributed by atoms with Crippen LogP contribution in [0.4, 0.5) is 10.5 Å². The summed E-state index contributed by atoms with van der Waals surface area (Å²) in [6, 6.07) is 7.65. The predicted molar refractivity (Wildman–Crippen MR) is 69.1 cm³/mol. The Balaban J connectivity index is 2.05. The quantitative estimate of drug-likeness (QED) is 0.759. The van der Waals surface area contributed by atoms with Gasteiger partial charge in [0.1, 0.15) is 0 Å². The molecule has 1 saturated heterocycles. The normalized spacial score (nSPS) is 20.9. The Bertz CT molecular complexity index is 573. The molecule has 1 atom stereocenters. The zero-order valence-electron chi connectivity index (χ0n) is 10.5. The monoisotopic (exact) mass is 275 g/mol. The van der Waals surface area contributed by atoms with Crippen molar-refractivity contribution in [3.63, 3.8) is 0 Å². The van der Waals surface area contributed by atoms with Crippen molar-refractivity contribution in [1.29, 1.82) is 5.26 Å². The lowest BCUT2D eigenvalue weighted by Crippen LogP contribution is -2.56. The second-order valence-electron chi connectivity index (χ2n) is 4.46. The van der Waals surface area contributed by atoms with Crippen LogP contribution in [0.25, 0.3) is 0 Å². The summed E-state index contributed by atoms with van der Waals surface area (Å²) in [6.07, 6.45) is 0.216. The first-order valence-electron chi connectivity index (χ1n) is 5.96. The summed E-state index contributed by atoms with van der Waals surface area (Å²) in [4.78, 5) is 23.1. The van der Waals surface area contributed by atoms with E-state index in [0.717, 1.165) is 0 Å². The number of ether oxygens (including phenoxy) is 1. The molecule has 0 aromatic heterocycles. The molecule has 1 fully saturated rings. The highest BCUT2D eigenvalue weighted by Gasteiger charge is 2.44. The number of carboxylic acid groups (broad SMARTS) is 1. The summed E-state index contributed by atoms with van der Waals surface area (Å²) in [5, 5.41) is 22.9. The summed E-state index contributed by atoms with van der Waals surface area (Å²) in [7, 11) is 0. The topological polar surface area (TPSA) is 111 Å². The molecule has 2 amide bonds. The van der Waals surface area contributed by atoms with Crippen molar-refractivity contribution in [2.45, 2.75) is 12.0 Å². The van der Waals surface area contributed by atoms with Gasteiger partial charge >= 0.3 is 12.0 Å². The van der Waals surface area contributed by atoms with E-state index in [0.29, 0.717) is 11.3 Å². The number of urea groups is 1. The van der Waals surface area contributed by atoms with E-state index in [1.807, 2.05) is 6.07 Å². The van der Waals surface area contributed by atoms with Gasteiger partial charge in [0.2, 0.25) is 0 Å². The second-order valence-corrected chi connectivity index (χ2v) is 4.46. The van der Waals surface area contributed by atoms with E-state index in [9.17, 15) is 14.7 Å². The average Bonchev–Trinajstić information content (AvgIpc) is 2.88. The minimum Gasteiger partial charge on any atom is -0.479 e. The Morgan fingerprint density at radius 2 is 2.25 bits per heavy atom. The summed E-state index contributed by atoms with van der Waals surface area (Å²) in [5.74, 6) is -1.13. The van der Waals surface area contributed by atoms with E-state index in [1.165, 1.54) is 6.07 Å². The lowest BCUT2D eigenvalue weighted by Gasteiger charge is -2.23. The number of nitrogens with zero attached hydrogens (tertiary/aromatic N) is 1. The lowest BCUT2D eigenvalue weighted by atomic mass is 9.99. The van der Waals surface area contributed by atoms with E-state index < -0.39 is 17.5 Å². The SMILES string of the molecule is N#Cc1cccc(NC(=O)NC2(C(=O)O)CCOC2)c1. The maximum atomic E-state index is 11.9. The summed E-state index contributed by atoms with van der Waals surface area (Å²) < 4.78 is 5.04. The number of carbonyl (C=O) groups is 2. The Morgan fingerprint density at radius 3 is 2.85 bits per heavy atom. The molecule has 1 aromatic rings. The number of hydrogen-bond donors (Lipinski definition) is 3. The number of aliphatic carboxylic acids is 1. The molecule has 7 heteroatoms. The third kappa shape index (κ3) is 2.87. The zero-order chi connectivity index (χ0) is 14.6. The third-order valence-corrected chi connectivity index (χ3v) is 3.03. The molecule has 0 bridgehead atoms. The lowest BCUT2D eigenvalue weighted by molar-refractivity contribution is -0.144. The standard InChI is InChI=1S/C13H13N3O4/c14-7-9-2-1-3-10(6-9)15-12(19)16-13(11(17)18)4-5-20-8-13/h1-3,6H,4-5,8H2,(H,17,18)(H2,15,16,19). The molecule has 0 saturated carbocycles. The largest absolute Gasteiger partial charge is 0.479 e. The predicted octanol–water partition coefficient (Wildman–Crippen LogP) is 0.923. The van der Waals surface area contributed by atoms with Crippen LogP contribution in [0, 0.1) is 11.3 Å². The van der Waals surface area contributed by atoms with Gasteiger partial charge < -0.3 is 20.5 Å². The van der Waals surface area contributed by atoms with Crippen LogP contribution in [-0.2, 0) is 9.53 Å². The van der Waals surface area contributed by atoms with Gasteiger partial charge in [-0.05, 0) is 18.2 Å². The van der Waals surface area contributed by atoms with Gasteiger partial charge in [-0.1, -0.05) is 6.07 Å². The minimum absolute atomic E-state index is 0.0615. The Kier molecular flexibility index (Phi) is 3.86. The van der Waals surface area contributed by atoms with Gasteiger partial charge in [-0.15, -0.1) is 0 Å². The minimum atomic E-state index is -1.39. The number of anilines is 1. The molecular weight excluding hydrogens is 262 g/mol. The number of rotatable bonds is 3. The van der Waals surface area contributed by atoms with Crippen molar-refractivity contribution >= 4 is 17.7 Å². The molecule has 104 valence electrons. The first kappa shape index (κ1) is 13.8. The van der Waals surface area contributed by atoms with Crippen LogP contribution in [0.1, 0.15) is 12.0 Å². The molecule has 2 rings (SSSR count). The first-order chi connectivity index (χ1) is 9.55. The van der Waals surface area contributed by atoms with Gasteiger partial charge in [0, 0.05) is 18.7 Å². The van der Waals surface area contributed by atoms with Crippen LogP contribution in [0.3, 0.4) is 0 Å². The number of nitrogens with one attached hydrogen (secondary N) is 2. The number of hydrogen-bond acceptors (Lipinski definition) is 4. The fraction of sp³-hybridized carbons (Fsp3) is 0.308. The van der Waals surface area contributed by atoms with Gasteiger partial charge in [-0.2, -0.15) is 5.26 Å². The van der Waals surface area contributed by atoms with Crippen LogP contribution in [0.2, 0.25) is 0 Å². The Morgan fingerprint density at radius 1 is 1.45 bits per heavy atom. The third-order valence-electron chi connectivity index (χ3n) is 3.03. The molecule has 1 unspecified atom stereocenters. The van der Waals surface area contributed by atoms with E-state index in [4.69, 9.17) is 10.00 Å². The maximum Gasteiger partial charge on any atom is 0.332 e. The fourth-order valence-corrected chi connectivity index (χ4v) is 1.93. The molecule has 1 aliphatic rings. The second kappa shape index (κ2) is 5.59. The van der Waals surface area contributed by atoms with Crippen LogP contribution >= 0.6 is 0 Å². The number of benzene rings is 1. The molecule has 1 aromatic carbocycles. The highest BCUT2D eigenvalue weighted by molar-refractivity contribution is 5.94. The smallest absolute Gasteiger partial charge is 0.332 e. The zero-order valence-corrected chi connectivity index (χ0v) is 10.5. The molecule has 1 heterocycles. The van der Waals surface area contributed by atoms with Crippen molar-refractivity contribution in [3.8, 4) is 6.07 Å². The number of amides is 2. The average molecular weight is 275 g/mol. The van der Waals surface area contributed by atoms with Crippen LogP contribution in [0.5, 0.6) is 0 Å². The van der Waals surface area contributed by atoms with Crippen molar-refractivity contribution in [3.05, 3.63) is 29.8 Å². The van der Waals surface area contributed by atoms with Crippen LogP contribution < -0.4 is 10.6 Å². The van der Waals surface area contributed by atoms with Crippen molar-refractivity contribution in [2.24, 2.45) is 0 Å². The first-order valence-corrected chi connectivity index (χ1v) is 5.96. The van der Waals surface area contributed by atoms with Crippen molar-refractivity contribution < 1.29 is 19.4 Å². The Labute approximate surface area is 115 Å². The van der Waals surface area contributed by atoms with Gasteiger partial charge in [0.05, 0.1) is 18.2 Å². The fourth-order valence-electron chi connectivity index (χ4n) is 1.93. The molecule has 3 N–H and O–H groups in total. The molecule has 20 heavy (non-hydrogen) atoms. The van der Waals surface area contributed by atoms with Crippen LogP contribution in [-0.4, -0.2) is 35.9 Å². The molecule has 1 aliphatic heterocycles. The Hall–Kier alpha value is -2.59. The summed E-state index contributed by atoms with van der Waals surface area (Å²) >= 11 is 0. The van der Waals surface area contributed by atoms with E-state index in [1.54, 1.807) is 18.2 Å². The summed E-state index contributed by atoms with van der Waals surface area (Å²) in [5.41, 5.74) is -0.572. The van der Waals surface area contributed by atoms with E-state index in [2.05, 4.69) is 10.6 Å². The van der Waals surface area contributed by atoms with Crippen molar-refractivity contribution in [2.75, 3.05) is 18.5 Å².